The maximum Gasteiger partial charge on any atom is 0.139 e. The van der Waals surface area contributed by atoms with Gasteiger partial charge in [0.15, 0.2) is 0 Å². The fourth-order valence-electron chi connectivity index (χ4n) is 3.14. The van der Waals surface area contributed by atoms with Crippen molar-refractivity contribution in [1.82, 2.24) is 0 Å². The summed E-state index contributed by atoms with van der Waals surface area (Å²) in [4.78, 5) is 0. The zero-order valence-electron chi connectivity index (χ0n) is 12.2. The van der Waals surface area contributed by atoms with Crippen LogP contribution in [0.3, 0.4) is 0 Å². The van der Waals surface area contributed by atoms with Crippen molar-refractivity contribution in [1.29, 1.82) is 0 Å². The second-order valence-electron chi connectivity index (χ2n) is 6.87. The zero-order chi connectivity index (χ0) is 13.4. The third kappa shape index (κ3) is 2.64. The smallest absolute Gasteiger partial charge is 0.139 e. The monoisotopic (exact) mass is 244 g/mol. The Balaban J connectivity index is 2.40. The second kappa shape index (κ2) is 4.73. The second-order valence-corrected chi connectivity index (χ2v) is 6.87. The van der Waals surface area contributed by atoms with Crippen LogP contribution >= 0.6 is 0 Å². The highest BCUT2D eigenvalue weighted by Crippen LogP contribution is 2.37. The molecule has 2 rings (SSSR count). The van der Waals surface area contributed by atoms with Crippen LogP contribution in [0.5, 0.6) is 0 Å². The maximum absolute atomic E-state index is 10.8. The minimum absolute atomic E-state index is 0.144. The molecule has 1 aromatic rings. The molecule has 1 aromatic carbocycles. The Hall–Kier alpha value is -0.755. The highest BCUT2D eigenvalue weighted by Gasteiger charge is 2.32. The molecule has 0 unspecified atom stereocenters. The van der Waals surface area contributed by atoms with E-state index < -0.39 is 5.60 Å². The molecule has 1 saturated carbocycles. The molecule has 0 heterocycles. The van der Waals surface area contributed by atoms with Crippen molar-refractivity contribution in [3.05, 3.63) is 29.3 Å². The summed E-state index contributed by atoms with van der Waals surface area (Å²) < 4.78 is 0. The lowest BCUT2D eigenvalue weighted by atomic mass is 9.73. The molecule has 0 aromatic heterocycles. The lowest BCUT2D eigenvalue weighted by Crippen LogP contribution is -2.31. The largest absolute Gasteiger partial charge is 0.385 e. The van der Waals surface area contributed by atoms with Gasteiger partial charge in [0.25, 0.3) is 0 Å². The molecule has 0 atom stereocenters. The van der Waals surface area contributed by atoms with Gasteiger partial charge >= 0.3 is 0 Å². The number of hydrogen-bond donors (Lipinski definition) is 1. The normalized spacial score (nSPS) is 19.8. The van der Waals surface area contributed by atoms with E-state index >= 15 is 0 Å². The van der Waals surface area contributed by atoms with E-state index in [0.717, 1.165) is 31.2 Å². The number of aliphatic hydroxyl groups is 1. The summed E-state index contributed by atoms with van der Waals surface area (Å²) in [5, 5.41) is 10.8. The third-order valence-corrected chi connectivity index (χ3v) is 4.26. The molecule has 2 heteroatoms. The van der Waals surface area contributed by atoms with E-state index in [1.807, 2.05) is 0 Å². The fourth-order valence-corrected chi connectivity index (χ4v) is 3.14. The molecule has 1 nitrogen and oxygen atoms in total. The summed E-state index contributed by atoms with van der Waals surface area (Å²) >= 11 is 0. The Morgan fingerprint density at radius 2 is 1.72 bits per heavy atom. The van der Waals surface area contributed by atoms with Crippen LogP contribution in [-0.4, -0.2) is 13.0 Å². The minimum atomic E-state index is -0.577. The van der Waals surface area contributed by atoms with Gasteiger partial charge in [0.05, 0.1) is 5.60 Å². The maximum atomic E-state index is 10.8. The van der Waals surface area contributed by atoms with Crippen LogP contribution in [-0.2, 0) is 11.0 Å². The van der Waals surface area contributed by atoms with Crippen LogP contribution in [0.4, 0.5) is 0 Å². The van der Waals surface area contributed by atoms with Gasteiger partial charge in [-0.1, -0.05) is 63.7 Å². The summed E-state index contributed by atoms with van der Waals surface area (Å²) in [5.74, 6) is 0. The van der Waals surface area contributed by atoms with Crippen molar-refractivity contribution in [3.8, 4) is 0 Å². The van der Waals surface area contributed by atoms with Crippen molar-refractivity contribution >= 4 is 13.3 Å². The predicted molar refractivity (Wildman–Crippen MR) is 80.3 cm³/mol. The van der Waals surface area contributed by atoms with E-state index in [-0.39, 0.29) is 5.41 Å². The zero-order valence-corrected chi connectivity index (χ0v) is 12.2. The summed E-state index contributed by atoms with van der Waals surface area (Å²) in [6.07, 6.45) is 5.39. The first-order chi connectivity index (χ1) is 8.33. The van der Waals surface area contributed by atoms with Crippen LogP contribution in [0.2, 0.25) is 0 Å². The summed E-state index contributed by atoms with van der Waals surface area (Å²) in [6, 6.07) is 6.53. The quantitative estimate of drug-likeness (QED) is 0.752. The van der Waals surface area contributed by atoms with E-state index in [1.165, 1.54) is 17.4 Å². The standard InChI is InChI=1S/C16H25BO/c1-15(2,3)13-11-12(7-8-14(13)17)16(18)9-5-4-6-10-16/h7-8,11,18H,4-6,9-10,17H2,1-3H3. The molecule has 0 aliphatic heterocycles. The lowest BCUT2D eigenvalue weighted by Gasteiger charge is -2.34. The lowest BCUT2D eigenvalue weighted by molar-refractivity contribution is -0.000708. The first-order valence-corrected chi connectivity index (χ1v) is 7.17. The van der Waals surface area contributed by atoms with Crippen LogP contribution < -0.4 is 5.46 Å². The Morgan fingerprint density at radius 3 is 2.28 bits per heavy atom. The first-order valence-electron chi connectivity index (χ1n) is 7.17. The third-order valence-electron chi connectivity index (χ3n) is 4.26. The number of rotatable bonds is 1. The molecular weight excluding hydrogens is 219 g/mol. The van der Waals surface area contributed by atoms with Gasteiger partial charge in [0, 0.05) is 0 Å². The van der Waals surface area contributed by atoms with Gasteiger partial charge in [-0.2, -0.15) is 0 Å². The highest BCUT2D eigenvalue weighted by molar-refractivity contribution is 6.33. The molecule has 0 saturated heterocycles. The first kappa shape index (κ1) is 13.7. The van der Waals surface area contributed by atoms with Crippen LogP contribution in [0.1, 0.15) is 64.0 Å². The molecule has 0 spiro atoms. The minimum Gasteiger partial charge on any atom is -0.385 e. The van der Waals surface area contributed by atoms with E-state index in [9.17, 15) is 5.11 Å². The topological polar surface area (TPSA) is 20.2 Å². The molecule has 18 heavy (non-hydrogen) atoms. The van der Waals surface area contributed by atoms with Crippen LogP contribution in [0.15, 0.2) is 18.2 Å². The summed E-state index contributed by atoms with van der Waals surface area (Å²) in [7, 11) is 2.16. The Labute approximate surface area is 112 Å². The SMILES string of the molecule is Bc1ccc(C2(O)CCCCC2)cc1C(C)(C)C. The molecule has 0 radical (unpaired) electrons. The van der Waals surface area contributed by atoms with Gasteiger partial charge in [0.1, 0.15) is 7.85 Å². The van der Waals surface area contributed by atoms with Crippen molar-refractivity contribution in [2.45, 2.75) is 63.9 Å². The van der Waals surface area contributed by atoms with E-state index in [4.69, 9.17) is 0 Å². The van der Waals surface area contributed by atoms with Gasteiger partial charge in [-0.25, -0.2) is 0 Å². The number of benzene rings is 1. The Kier molecular flexibility index (Phi) is 3.59. The molecule has 0 bridgehead atoms. The molecule has 0 amide bonds. The molecule has 98 valence electrons. The van der Waals surface area contributed by atoms with Crippen molar-refractivity contribution < 1.29 is 5.11 Å². The van der Waals surface area contributed by atoms with Gasteiger partial charge in [-0.3, -0.25) is 0 Å². The molecule has 1 N–H and O–H groups in total. The van der Waals surface area contributed by atoms with Gasteiger partial charge in [-0.05, 0) is 29.4 Å². The van der Waals surface area contributed by atoms with Crippen molar-refractivity contribution in [2.75, 3.05) is 0 Å². The predicted octanol–water partition coefficient (Wildman–Crippen LogP) is 2.39. The molecular formula is C16H25BO. The fraction of sp³-hybridized carbons (Fsp3) is 0.625. The highest BCUT2D eigenvalue weighted by atomic mass is 16.3. The Morgan fingerprint density at radius 1 is 1.11 bits per heavy atom. The van der Waals surface area contributed by atoms with Gasteiger partial charge in [0.2, 0.25) is 0 Å². The van der Waals surface area contributed by atoms with Gasteiger partial charge < -0.3 is 5.11 Å². The van der Waals surface area contributed by atoms with E-state index in [0.29, 0.717) is 0 Å². The van der Waals surface area contributed by atoms with Crippen LogP contribution in [0, 0.1) is 0 Å². The van der Waals surface area contributed by atoms with Crippen molar-refractivity contribution in [3.63, 3.8) is 0 Å². The molecule has 1 aliphatic carbocycles. The molecule has 1 aliphatic rings. The Bertz CT molecular complexity index is 425. The molecule has 1 fully saturated rings. The van der Waals surface area contributed by atoms with E-state index in [1.54, 1.807) is 0 Å². The number of hydrogen-bond acceptors (Lipinski definition) is 1. The van der Waals surface area contributed by atoms with Crippen molar-refractivity contribution in [2.24, 2.45) is 0 Å². The average molecular weight is 244 g/mol. The summed E-state index contributed by atoms with van der Waals surface area (Å²) in [6.45, 7) is 6.72. The van der Waals surface area contributed by atoms with Gasteiger partial charge in [-0.15, -0.1) is 0 Å². The van der Waals surface area contributed by atoms with Crippen LogP contribution in [0.25, 0.3) is 0 Å². The van der Waals surface area contributed by atoms with E-state index in [2.05, 4.69) is 46.8 Å². The summed E-state index contributed by atoms with van der Waals surface area (Å²) in [5.41, 5.74) is 3.37. The average Bonchev–Trinajstić information content (AvgIpc) is 2.28.